The first kappa shape index (κ1) is 16.4. The van der Waals surface area contributed by atoms with Crippen molar-refractivity contribution < 1.29 is 23.8 Å². The van der Waals surface area contributed by atoms with Crippen LogP contribution in [0.25, 0.3) is 0 Å². The lowest BCUT2D eigenvalue weighted by Crippen LogP contribution is -2.35. The maximum atomic E-state index is 13.4. The summed E-state index contributed by atoms with van der Waals surface area (Å²) in [6.45, 7) is 7.29. The minimum Gasteiger partial charge on any atom is -0.483 e. The van der Waals surface area contributed by atoms with Crippen molar-refractivity contribution in [3.63, 3.8) is 0 Å². The van der Waals surface area contributed by atoms with Crippen molar-refractivity contribution in [2.75, 3.05) is 19.7 Å². The van der Waals surface area contributed by atoms with Crippen LogP contribution in [-0.4, -0.2) is 41.6 Å². The van der Waals surface area contributed by atoms with Gasteiger partial charge in [0.1, 0.15) is 17.1 Å². The molecule has 0 unspecified atom stereocenters. The van der Waals surface area contributed by atoms with Crippen molar-refractivity contribution in [1.82, 2.24) is 4.90 Å². The second kappa shape index (κ2) is 7.84. The summed E-state index contributed by atoms with van der Waals surface area (Å²) in [5.74, 6) is -2.94. The molecule has 112 valence electrons. The van der Waals surface area contributed by atoms with Gasteiger partial charge < -0.3 is 14.7 Å². The van der Waals surface area contributed by atoms with Gasteiger partial charge in [-0.3, -0.25) is 4.79 Å². The lowest BCUT2D eigenvalue weighted by molar-refractivity contribution is -0.132. The van der Waals surface area contributed by atoms with Gasteiger partial charge in [-0.25, -0.2) is 9.18 Å². The first-order valence-electron chi connectivity index (χ1n) is 6.15. The highest BCUT2D eigenvalue weighted by molar-refractivity contribution is 5.91. The second-order valence-corrected chi connectivity index (χ2v) is 4.08. The van der Waals surface area contributed by atoms with E-state index in [9.17, 15) is 14.0 Å². The molecule has 0 spiro atoms. The molecule has 5 nitrogen and oxygen atoms in total. The molecule has 0 saturated carbocycles. The molecule has 0 atom stereocenters. The lowest BCUT2D eigenvalue weighted by Gasteiger charge is -2.19. The van der Waals surface area contributed by atoms with Gasteiger partial charge in [0.2, 0.25) is 0 Å². The monoisotopic (exact) mass is 293 g/mol. The number of carboxylic acids is 1. The number of aromatic carboxylic acids is 1. The van der Waals surface area contributed by atoms with Crippen LogP contribution < -0.4 is 4.74 Å². The van der Waals surface area contributed by atoms with Crippen molar-refractivity contribution in [3.05, 3.63) is 54.9 Å². The van der Waals surface area contributed by atoms with E-state index < -0.39 is 24.0 Å². The Kier molecular flexibility index (Phi) is 6.13. The first-order chi connectivity index (χ1) is 10.0. The Labute approximate surface area is 121 Å². The van der Waals surface area contributed by atoms with E-state index in [0.717, 1.165) is 6.07 Å². The van der Waals surface area contributed by atoms with E-state index in [0.29, 0.717) is 13.1 Å². The average Bonchev–Trinajstić information content (AvgIpc) is 2.44. The third-order valence-electron chi connectivity index (χ3n) is 2.59. The number of carbonyl (C=O) groups excluding carboxylic acids is 1. The van der Waals surface area contributed by atoms with Gasteiger partial charge in [0.25, 0.3) is 5.91 Å². The van der Waals surface area contributed by atoms with Crippen LogP contribution >= 0.6 is 0 Å². The molecule has 1 amide bonds. The number of rotatable bonds is 8. The number of nitrogens with zero attached hydrogens (tertiary/aromatic N) is 1. The molecule has 0 aliphatic carbocycles. The summed E-state index contributed by atoms with van der Waals surface area (Å²) in [6.07, 6.45) is 3.10. The number of benzene rings is 1. The fourth-order valence-corrected chi connectivity index (χ4v) is 1.65. The van der Waals surface area contributed by atoms with Crippen molar-refractivity contribution in [3.8, 4) is 5.75 Å². The molecule has 21 heavy (non-hydrogen) atoms. The molecule has 1 rings (SSSR count). The smallest absolute Gasteiger partial charge is 0.342 e. The molecule has 0 aliphatic heterocycles. The topological polar surface area (TPSA) is 66.8 Å². The second-order valence-electron chi connectivity index (χ2n) is 4.08. The first-order valence-corrected chi connectivity index (χ1v) is 6.15. The van der Waals surface area contributed by atoms with E-state index in [4.69, 9.17) is 9.84 Å². The number of ether oxygens (including phenoxy) is 1. The fraction of sp³-hybridized carbons (Fsp3) is 0.200. The maximum absolute atomic E-state index is 13.4. The minimum atomic E-state index is -1.45. The molecule has 0 heterocycles. The molecule has 1 aromatic rings. The van der Waals surface area contributed by atoms with Gasteiger partial charge >= 0.3 is 5.97 Å². The van der Waals surface area contributed by atoms with E-state index >= 15 is 0 Å². The predicted octanol–water partition coefficient (Wildman–Crippen LogP) is 2.10. The summed E-state index contributed by atoms with van der Waals surface area (Å²) < 4.78 is 18.6. The quantitative estimate of drug-likeness (QED) is 0.745. The minimum absolute atomic E-state index is 0.187. The Morgan fingerprint density at radius 1 is 1.29 bits per heavy atom. The molecule has 0 aromatic heterocycles. The summed E-state index contributed by atoms with van der Waals surface area (Å²) in [4.78, 5) is 24.3. The van der Waals surface area contributed by atoms with E-state index in [1.807, 2.05) is 0 Å². The average molecular weight is 293 g/mol. The summed E-state index contributed by atoms with van der Waals surface area (Å²) >= 11 is 0. The molecule has 0 bridgehead atoms. The number of carboxylic acid groups (broad SMARTS) is 1. The Morgan fingerprint density at radius 3 is 2.43 bits per heavy atom. The van der Waals surface area contributed by atoms with Crippen LogP contribution in [0, 0.1) is 5.82 Å². The molecule has 6 heteroatoms. The van der Waals surface area contributed by atoms with Gasteiger partial charge in [0.15, 0.2) is 6.61 Å². The van der Waals surface area contributed by atoms with Gasteiger partial charge in [-0.2, -0.15) is 0 Å². The van der Waals surface area contributed by atoms with E-state index in [1.165, 1.54) is 17.0 Å². The highest BCUT2D eigenvalue weighted by atomic mass is 19.1. The van der Waals surface area contributed by atoms with E-state index in [1.54, 1.807) is 12.2 Å². The Morgan fingerprint density at radius 2 is 1.90 bits per heavy atom. The van der Waals surface area contributed by atoms with E-state index in [2.05, 4.69) is 13.2 Å². The highest BCUT2D eigenvalue weighted by Gasteiger charge is 2.18. The van der Waals surface area contributed by atoms with Gasteiger partial charge in [-0.15, -0.1) is 13.2 Å². The largest absolute Gasteiger partial charge is 0.483 e. The normalized spacial score (nSPS) is 9.76. The van der Waals surface area contributed by atoms with Gasteiger partial charge in [0.05, 0.1) is 0 Å². The molecular weight excluding hydrogens is 277 g/mol. The van der Waals surface area contributed by atoms with Crippen LogP contribution in [0.1, 0.15) is 10.4 Å². The molecule has 0 aliphatic rings. The van der Waals surface area contributed by atoms with Gasteiger partial charge in [-0.05, 0) is 12.1 Å². The third kappa shape index (κ3) is 4.45. The Hall–Kier alpha value is -2.63. The van der Waals surface area contributed by atoms with Crippen molar-refractivity contribution >= 4 is 11.9 Å². The molecule has 0 saturated heterocycles. The Bertz CT molecular complexity index is 547. The summed E-state index contributed by atoms with van der Waals surface area (Å²) in [7, 11) is 0. The summed E-state index contributed by atoms with van der Waals surface area (Å²) in [5, 5.41) is 8.95. The summed E-state index contributed by atoms with van der Waals surface area (Å²) in [5.41, 5.74) is -0.593. The van der Waals surface area contributed by atoms with Crippen molar-refractivity contribution in [2.24, 2.45) is 0 Å². The van der Waals surface area contributed by atoms with Crippen molar-refractivity contribution in [1.29, 1.82) is 0 Å². The Balaban J connectivity index is 2.81. The lowest BCUT2D eigenvalue weighted by atomic mass is 10.2. The van der Waals surface area contributed by atoms with Crippen LogP contribution in [0.4, 0.5) is 4.39 Å². The van der Waals surface area contributed by atoms with Gasteiger partial charge in [-0.1, -0.05) is 18.2 Å². The SMILES string of the molecule is C=CCN(CC=C)C(=O)COc1cccc(F)c1C(=O)O. The zero-order valence-electron chi connectivity index (χ0n) is 11.4. The molecule has 0 radical (unpaired) electrons. The zero-order chi connectivity index (χ0) is 15.8. The van der Waals surface area contributed by atoms with E-state index in [-0.39, 0.29) is 11.7 Å². The van der Waals surface area contributed by atoms with Crippen LogP contribution in [-0.2, 0) is 4.79 Å². The zero-order valence-corrected chi connectivity index (χ0v) is 11.4. The molecule has 1 N–H and O–H groups in total. The number of amides is 1. The van der Waals surface area contributed by atoms with Crippen molar-refractivity contribution in [2.45, 2.75) is 0 Å². The molecular formula is C15H16FNO4. The predicted molar refractivity (Wildman–Crippen MR) is 75.8 cm³/mol. The number of hydrogen-bond acceptors (Lipinski definition) is 3. The third-order valence-corrected chi connectivity index (χ3v) is 2.59. The number of hydrogen-bond donors (Lipinski definition) is 1. The number of carbonyl (C=O) groups is 2. The molecule has 1 aromatic carbocycles. The number of halogens is 1. The maximum Gasteiger partial charge on any atom is 0.342 e. The van der Waals surface area contributed by atoms with Crippen LogP contribution in [0.15, 0.2) is 43.5 Å². The van der Waals surface area contributed by atoms with Crippen LogP contribution in [0.2, 0.25) is 0 Å². The fourth-order valence-electron chi connectivity index (χ4n) is 1.65. The van der Waals surface area contributed by atoms with Crippen LogP contribution in [0.3, 0.4) is 0 Å². The molecule has 0 fully saturated rings. The summed E-state index contributed by atoms with van der Waals surface area (Å²) in [6, 6.07) is 3.62. The van der Waals surface area contributed by atoms with Crippen LogP contribution in [0.5, 0.6) is 5.75 Å². The highest BCUT2D eigenvalue weighted by Crippen LogP contribution is 2.21. The van der Waals surface area contributed by atoms with Gasteiger partial charge in [0, 0.05) is 13.1 Å². The standard InChI is InChI=1S/C15H16FNO4/c1-3-8-17(9-4-2)13(18)10-21-12-7-5-6-11(16)14(12)15(19)20/h3-7H,1-2,8-10H2,(H,19,20).